The number of hydrogen-bond donors (Lipinski definition) is 1. The Morgan fingerprint density at radius 1 is 1.00 bits per heavy atom. The van der Waals surface area contributed by atoms with Gasteiger partial charge in [0.25, 0.3) is 5.91 Å². The van der Waals surface area contributed by atoms with Crippen LogP contribution in [0.3, 0.4) is 0 Å². The molecule has 27 heavy (non-hydrogen) atoms. The molecule has 0 aromatic carbocycles. The van der Waals surface area contributed by atoms with Crippen molar-refractivity contribution in [2.45, 2.75) is 51.0 Å². The number of imide groups is 1. The highest BCUT2D eigenvalue weighted by Gasteiger charge is 2.59. The molecular weight excluding hydrogens is 348 g/mol. The number of likely N-dealkylation sites (tertiary alicyclic amines) is 1. The van der Waals surface area contributed by atoms with Crippen molar-refractivity contribution < 1.29 is 23.9 Å². The molecule has 4 aliphatic rings. The van der Waals surface area contributed by atoms with Crippen LogP contribution < -0.4 is 5.32 Å². The highest BCUT2D eigenvalue weighted by atomic mass is 16.5. The van der Waals surface area contributed by atoms with Gasteiger partial charge in [-0.3, -0.25) is 24.1 Å². The molecule has 4 unspecified atom stereocenters. The number of rotatable bonds is 5. The van der Waals surface area contributed by atoms with E-state index in [9.17, 15) is 19.2 Å². The van der Waals surface area contributed by atoms with E-state index in [1.165, 1.54) is 12.8 Å². The van der Waals surface area contributed by atoms with Gasteiger partial charge in [-0.15, -0.1) is 0 Å². The van der Waals surface area contributed by atoms with Crippen LogP contribution in [0.4, 0.5) is 0 Å². The predicted octanol–water partition coefficient (Wildman–Crippen LogP) is 1.18. The molecular formula is C20H26N2O5. The third kappa shape index (κ3) is 3.51. The SMILES string of the molecule is O=C(COC(=O)CN1C(=O)C2C3C=CC(C3)C2C1=O)NC1CCCCCC1. The standard InChI is InChI=1S/C20H26N2O5/c23-15(21-14-5-3-1-2-4-6-14)11-27-16(24)10-22-19(25)17-12-7-8-13(9-12)18(17)20(22)26/h7-8,12-14,17-18H,1-6,9-11H2,(H,21,23). The first-order valence-corrected chi connectivity index (χ1v) is 10.0. The lowest BCUT2D eigenvalue weighted by Gasteiger charge is -2.18. The van der Waals surface area contributed by atoms with Gasteiger partial charge in [-0.2, -0.15) is 0 Å². The van der Waals surface area contributed by atoms with Gasteiger partial charge in [-0.05, 0) is 31.1 Å². The maximum absolute atomic E-state index is 12.5. The second-order valence-electron chi connectivity index (χ2n) is 8.18. The Kier molecular flexibility index (Phi) is 5.02. The molecule has 3 amide bonds. The lowest BCUT2D eigenvalue weighted by Crippen LogP contribution is -2.40. The molecule has 0 aromatic rings. The molecule has 2 bridgehead atoms. The molecule has 7 nitrogen and oxygen atoms in total. The van der Waals surface area contributed by atoms with E-state index >= 15 is 0 Å². The number of nitrogens with one attached hydrogen (secondary N) is 1. The number of carbonyl (C=O) groups is 4. The molecule has 4 atom stereocenters. The zero-order valence-corrected chi connectivity index (χ0v) is 15.4. The van der Waals surface area contributed by atoms with Gasteiger partial charge < -0.3 is 10.1 Å². The quantitative estimate of drug-likeness (QED) is 0.338. The Labute approximate surface area is 158 Å². The van der Waals surface area contributed by atoms with E-state index in [-0.39, 0.29) is 54.0 Å². The summed E-state index contributed by atoms with van der Waals surface area (Å²) in [6.07, 6.45) is 11.4. The number of allylic oxidation sites excluding steroid dienone is 2. The molecule has 1 aliphatic heterocycles. The minimum Gasteiger partial charge on any atom is -0.454 e. The minimum atomic E-state index is -0.715. The van der Waals surface area contributed by atoms with Crippen molar-refractivity contribution in [2.75, 3.05) is 13.2 Å². The van der Waals surface area contributed by atoms with E-state index in [0.29, 0.717) is 0 Å². The summed E-state index contributed by atoms with van der Waals surface area (Å²) in [5, 5.41) is 2.91. The Morgan fingerprint density at radius 3 is 2.19 bits per heavy atom. The van der Waals surface area contributed by atoms with Crippen molar-refractivity contribution in [3.8, 4) is 0 Å². The Balaban J connectivity index is 1.24. The average molecular weight is 374 g/mol. The fourth-order valence-electron chi connectivity index (χ4n) is 5.13. The first-order chi connectivity index (χ1) is 13.0. The van der Waals surface area contributed by atoms with Gasteiger partial charge in [-0.1, -0.05) is 37.8 Å². The van der Waals surface area contributed by atoms with Crippen LogP contribution in [0.1, 0.15) is 44.9 Å². The van der Waals surface area contributed by atoms with Crippen LogP contribution in [0, 0.1) is 23.7 Å². The predicted molar refractivity (Wildman–Crippen MR) is 95.0 cm³/mol. The molecule has 1 heterocycles. The van der Waals surface area contributed by atoms with Gasteiger partial charge in [0, 0.05) is 6.04 Å². The lowest BCUT2D eigenvalue weighted by molar-refractivity contribution is -0.155. The summed E-state index contributed by atoms with van der Waals surface area (Å²) in [4.78, 5) is 50.2. The lowest BCUT2D eigenvalue weighted by atomic mass is 9.85. The van der Waals surface area contributed by atoms with Crippen LogP contribution in [0.5, 0.6) is 0 Å². The second-order valence-corrected chi connectivity index (χ2v) is 8.18. The van der Waals surface area contributed by atoms with Gasteiger partial charge >= 0.3 is 5.97 Å². The van der Waals surface area contributed by atoms with Crippen molar-refractivity contribution in [1.29, 1.82) is 0 Å². The van der Waals surface area contributed by atoms with Crippen LogP contribution in [0.2, 0.25) is 0 Å². The van der Waals surface area contributed by atoms with E-state index in [2.05, 4.69) is 5.32 Å². The van der Waals surface area contributed by atoms with E-state index < -0.39 is 12.5 Å². The highest BCUT2D eigenvalue weighted by Crippen LogP contribution is 2.52. The Bertz CT molecular complexity index is 650. The third-order valence-corrected chi connectivity index (χ3v) is 6.43. The number of nitrogens with zero attached hydrogens (tertiary/aromatic N) is 1. The molecule has 3 aliphatic carbocycles. The summed E-state index contributed by atoms with van der Waals surface area (Å²) in [5.41, 5.74) is 0. The Morgan fingerprint density at radius 2 is 1.59 bits per heavy atom. The van der Waals surface area contributed by atoms with Gasteiger partial charge in [-0.25, -0.2) is 0 Å². The molecule has 1 N–H and O–H groups in total. The van der Waals surface area contributed by atoms with Crippen LogP contribution in [-0.4, -0.2) is 47.8 Å². The molecule has 1 saturated heterocycles. The minimum absolute atomic E-state index is 0.114. The first kappa shape index (κ1) is 18.2. The number of carbonyl (C=O) groups excluding carboxylic acids is 4. The first-order valence-electron chi connectivity index (χ1n) is 10.0. The molecule has 2 saturated carbocycles. The average Bonchev–Trinajstić information content (AvgIpc) is 3.25. The van der Waals surface area contributed by atoms with Crippen molar-refractivity contribution >= 4 is 23.7 Å². The van der Waals surface area contributed by atoms with Crippen molar-refractivity contribution in [1.82, 2.24) is 10.2 Å². The van der Waals surface area contributed by atoms with Gasteiger partial charge in [0.15, 0.2) is 6.61 Å². The van der Waals surface area contributed by atoms with Crippen molar-refractivity contribution in [3.63, 3.8) is 0 Å². The van der Waals surface area contributed by atoms with E-state index in [1.54, 1.807) is 0 Å². The topological polar surface area (TPSA) is 92.8 Å². The summed E-state index contributed by atoms with van der Waals surface area (Å²) in [6, 6.07) is 0.141. The zero-order valence-electron chi connectivity index (χ0n) is 15.4. The fourth-order valence-corrected chi connectivity index (χ4v) is 5.13. The summed E-state index contributed by atoms with van der Waals surface area (Å²) in [5.74, 6) is -2.01. The summed E-state index contributed by atoms with van der Waals surface area (Å²) in [6.45, 7) is -0.772. The van der Waals surface area contributed by atoms with Crippen molar-refractivity contribution in [2.24, 2.45) is 23.7 Å². The van der Waals surface area contributed by atoms with Crippen LogP contribution >= 0.6 is 0 Å². The van der Waals surface area contributed by atoms with Gasteiger partial charge in [0.05, 0.1) is 11.8 Å². The van der Waals surface area contributed by atoms with Crippen LogP contribution in [0.25, 0.3) is 0 Å². The maximum Gasteiger partial charge on any atom is 0.326 e. The molecule has 0 radical (unpaired) electrons. The summed E-state index contributed by atoms with van der Waals surface area (Å²) >= 11 is 0. The molecule has 4 rings (SSSR count). The van der Waals surface area contributed by atoms with Gasteiger partial charge in [0.1, 0.15) is 6.54 Å². The Hall–Kier alpha value is -2.18. The van der Waals surface area contributed by atoms with E-state index in [0.717, 1.165) is 37.0 Å². The molecule has 7 heteroatoms. The van der Waals surface area contributed by atoms with Crippen molar-refractivity contribution in [3.05, 3.63) is 12.2 Å². The number of amides is 3. The number of esters is 1. The van der Waals surface area contributed by atoms with E-state index in [1.807, 2.05) is 12.2 Å². The summed E-state index contributed by atoms with van der Waals surface area (Å²) in [7, 11) is 0. The maximum atomic E-state index is 12.5. The normalized spacial score (nSPS) is 32.5. The summed E-state index contributed by atoms with van der Waals surface area (Å²) < 4.78 is 5.01. The molecule has 3 fully saturated rings. The molecule has 146 valence electrons. The van der Waals surface area contributed by atoms with Gasteiger partial charge in [0.2, 0.25) is 11.8 Å². The smallest absolute Gasteiger partial charge is 0.326 e. The largest absolute Gasteiger partial charge is 0.454 e. The number of fused-ring (bicyclic) bond motifs is 5. The van der Waals surface area contributed by atoms with Crippen LogP contribution in [0.15, 0.2) is 12.2 Å². The number of ether oxygens (including phenoxy) is 1. The monoisotopic (exact) mass is 374 g/mol. The number of hydrogen-bond acceptors (Lipinski definition) is 5. The second kappa shape index (κ2) is 7.44. The fraction of sp³-hybridized carbons (Fsp3) is 0.700. The molecule has 0 aromatic heterocycles. The molecule has 0 spiro atoms. The third-order valence-electron chi connectivity index (χ3n) is 6.43. The van der Waals surface area contributed by atoms with Crippen LogP contribution in [-0.2, 0) is 23.9 Å². The zero-order chi connectivity index (χ0) is 19.0. The van der Waals surface area contributed by atoms with E-state index in [4.69, 9.17) is 4.74 Å². The highest BCUT2D eigenvalue weighted by molar-refractivity contribution is 6.08.